The zero-order chi connectivity index (χ0) is 33.7. The summed E-state index contributed by atoms with van der Waals surface area (Å²) in [7, 11) is -4.76. The third-order valence-corrected chi connectivity index (χ3v) is 8.90. The number of esters is 2. The van der Waals surface area contributed by atoms with Crippen LogP contribution in [0.25, 0.3) is 0 Å². The van der Waals surface area contributed by atoms with E-state index in [0.717, 1.165) is 83.1 Å². The molecular formula is C38H62O7S. The van der Waals surface area contributed by atoms with Crippen LogP contribution in [0.2, 0.25) is 0 Å². The van der Waals surface area contributed by atoms with Gasteiger partial charge in [-0.15, -0.1) is 0 Å². The largest absolute Gasteiger partial charge is 0.462 e. The first-order chi connectivity index (χ1) is 22.3. The molecule has 0 saturated heterocycles. The molecule has 0 fully saturated rings. The molecule has 0 aromatic heterocycles. The van der Waals surface area contributed by atoms with Crippen molar-refractivity contribution in [1.82, 2.24) is 0 Å². The minimum Gasteiger partial charge on any atom is -0.462 e. The van der Waals surface area contributed by atoms with Crippen molar-refractivity contribution < 1.29 is 32.0 Å². The molecule has 0 bridgehead atoms. The fourth-order valence-corrected chi connectivity index (χ4v) is 5.95. The smallest absolute Gasteiger partial charge is 0.340 e. The number of hydrogen-bond donors (Lipinski definition) is 1. The third-order valence-electron chi connectivity index (χ3n) is 8.01. The lowest BCUT2D eigenvalue weighted by molar-refractivity contribution is 0.0446. The fourth-order valence-electron chi connectivity index (χ4n) is 5.24. The van der Waals surface area contributed by atoms with Crippen molar-refractivity contribution in [3.8, 4) is 0 Å². The molecule has 8 heteroatoms. The van der Waals surface area contributed by atoms with Crippen LogP contribution < -0.4 is 0 Å². The van der Waals surface area contributed by atoms with E-state index in [9.17, 15) is 22.6 Å². The summed E-state index contributed by atoms with van der Waals surface area (Å²) in [5.41, 5.74) is -0.699. The van der Waals surface area contributed by atoms with E-state index in [0.29, 0.717) is 12.8 Å². The van der Waals surface area contributed by atoms with Crippen LogP contribution >= 0.6 is 0 Å². The van der Waals surface area contributed by atoms with E-state index in [2.05, 4.69) is 38.2 Å². The Hall–Kier alpha value is -2.45. The van der Waals surface area contributed by atoms with Crippen LogP contribution in [0, 0.1) is 0 Å². The molecule has 0 heterocycles. The molecule has 1 aromatic rings. The van der Waals surface area contributed by atoms with E-state index in [1.807, 2.05) is 0 Å². The molecule has 7 nitrogen and oxygen atoms in total. The molecule has 1 rings (SSSR count). The summed E-state index contributed by atoms with van der Waals surface area (Å²) in [5, 5.41) is 0. The Labute approximate surface area is 280 Å². The van der Waals surface area contributed by atoms with E-state index in [1.54, 1.807) is 0 Å². The summed E-state index contributed by atoms with van der Waals surface area (Å²) in [6.45, 7) is 4.70. The molecule has 1 N–H and O–H groups in total. The average Bonchev–Trinajstić information content (AvgIpc) is 3.04. The van der Waals surface area contributed by atoms with Crippen molar-refractivity contribution in [2.75, 3.05) is 13.2 Å². The van der Waals surface area contributed by atoms with Crippen molar-refractivity contribution in [3.05, 3.63) is 53.6 Å². The minimum atomic E-state index is -4.76. The first-order valence-electron chi connectivity index (χ1n) is 18.1. The Morgan fingerprint density at radius 1 is 0.587 bits per heavy atom. The monoisotopic (exact) mass is 662 g/mol. The first kappa shape index (κ1) is 41.6. The van der Waals surface area contributed by atoms with Gasteiger partial charge in [-0.2, -0.15) is 8.42 Å². The van der Waals surface area contributed by atoms with E-state index < -0.39 is 32.5 Å². The topological polar surface area (TPSA) is 107 Å². The van der Waals surface area contributed by atoms with E-state index in [1.165, 1.54) is 63.5 Å². The van der Waals surface area contributed by atoms with Crippen molar-refractivity contribution in [3.63, 3.8) is 0 Å². The predicted octanol–water partition coefficient (Wildman–Crippen LogP) is 11.0. The van der Waals surface area contributed by atoms with Gasteiger partial charge in [0, 0.05) is 0 Å². The maximum absolute atomic E-state index is 12.9. The first-order valence-corrected chi connectivity index (χ1v) is 19.5. The highest BCUT2D eigenvalue weighted by Gasteiger charge is 2.28. The van der Waals surface area contributed by atoms with Crippen molar-refractivity contribution in [1.29, 1.82) is 0 Å². The molecule has 0 atom stereocenters. The molecule has 0 spiro atoms. The lowest BCUT2D eigenvalue weighted by Gasteiger charge is -2.13. The van der Waals surface area contributed by atoms with Crippen molar-refractivity contribution >= 4 is 22.1 Å². The molecule has 1 aromatic carbocycles. The SMILES string of the molecule is CCCCCC/C=C/CCCCCCCOC(=O)c1cccc(S(=O)(=O)O)c1C(=O)OCCCCCCC/C=C/CCCCCC. The fraction of sp³-hybridized carbons (Fsp3) is 0.684. The maximum atomic E-state index is 12.9. The maximum Gasteiger partial charge on any atom is 0.340 e. The Balaban J connectivity index is 2.39. The molecule has 0 amide bonds. The van der Waals surface area contributed by atoms with Gasteiger partial charge in [-0.3, -0.25) is 4.55 Å². The predicted molar refractivity (Wildman–Crippen MR) is 188 cm³/mol. The molecule has 0 radical (unpaired) electrons. The number of allylic oxidation sites excluding steroid dienone is 4. The van der Waals surface area contributed by atoms with Crippen LogP contribution in [0.15, 0.2) is 47.4 Å². The van der Waals surface area contributed by atoms with Gasteiger partial charge in [0.15, 0.2) is 0 Å². The summed E-state index contributed by atoms with van der Waals surface area (Å²) in [6.07, 6.45) is 33.4. The lowest BCUT2D eigenvalue weighted by atomic mass is 10.1. The normalized spacial score (nSPS) is 11.9. The minimum absolute atomic E-state index is 0.0968. The molecule has 46 heavy (non-hydrogen) atoms. The van der Waals surface area contributed by atoms with Crippen LogP contribution in [-0.2, 0) is 19.6 Å². The molecule has 262 valence electrons. The second-order valence-electron chi connectivity index (χ2n) is 12.2. The summed E-state index contributed by atoms with van der Waals surface area (Å²) < 4.78 is 44.5. The molecule has 0 aliphatic rings. The quantitative estimate of drug-likeness (QED) is 0.0393. The number of carbonyl (C=O) groups is 2. The van der Waals surface area contributed by atoms with Gasteiger partial charge in [0.1, 0.15) is 4.90 Å². The number of ether oxygens (including phenoxy) is 2. The number of carbonyl (C=O) groups excluding carboxylic acids is 2. The second-order valence-corrected chi connectivity index (χ2v) is 13.6. The van der Waals surface area contributed by atoms with Gasteiger partial charge in [-0.25, -0.2) is 9.59 Å². The molecule has 0 aliphatic heterocycles. The average molecular weight is 663 g/mol. The van der Waals surface area contributed by atoms with Gasteiger partial charge in [-0.1, -0.05) is 121 Å². The van der Waals surface area contributed by atoms with E-state index >= 15 is 0 Å². The Morgan fingerprint density at radius 2 is 0.978 bits per heavy atom. The van der Waals surface area contributed by atoms with Gasteiger partial charge in [0.25, 0.3) is 10.1 Å². The highest BCUT2D eigenvalue weighted by molar-refractivity contribution is 7.86. The molecule has 0 saturated carbocycles. The van der Waals surface area contributed by atoms with Crippen LogP contribution in [-0.4, -0.2) is 38.1 Å². The lowest BCUT2D eigenvalue weighted by Crippen LogP contribution is -2.19. The summed E-state index contributed by atoms with van der Waals surface area (Å²) >= 11 is 0. The highest BCUT2D eigenvalue weighted by Crippen LogP contribution is 2.23. The summed E-state index contributed by atoms with van der Waals surface area (Å²) in [4.78, 5) is 25.1. The van der Waals surface area contributed by atoms with Crippen LogP contribution in [0.1, 0.15) is 176 Å². The number of rotatable bonds is 29. The van der Waals surface area contributed by atoms with E-state index in [4.69, 9.17) is 9.47 Å². The van der Waals surface area contributed by atoms with Gasteiger partial charge in [-0.05, 0) is 76.3 Å². The second kappa shape index (κ2) is 27.6. The third kappa shape index (κ3) is 20.6. The highest BCUT2D eigenvalue weighted by atomic mass is 32.2. The molecular weight excluding hydrogens is 600 g/mol. The van der Waals surface area contributed by atoms with Crippen LogP contribution in [0.4, 0.5) is 0 Å². The number of benzene rings is 1. The van der Waals surface area contributed by atoms with Crippen LogP contribution in [0.3, 0.4) is 0 Å². The van der Waals surface area contributed by atoms with Crippen molar-refractivity contribution in [2.24, 2.45) is 0 Å². The van der Waals surface area contributed by atoms with Crippen LogP contribution in [0.5, 0.6) is 0 Å². The van der Waals surface area contributed by atoms with Gasteiger partial charge >= 0.3 is 11.9 Å². The Bertz CT molecular complexity index is 1110. The Morgan fingerprint density at radius 3 is 1.41 bits per heavy atom. The molecule has 0 unspecified atom stereocenters. The summed E-state index contributed by atoms with van der Waals surface area (Å²) in [5.74, 6) is -1.77. The van der Waals surface area contributed by atoms with Gasteiger partial charge in [0.05, 0.1) is 24.3 Å². The zero-order valence-electron chi connectivity index (χ0n) is 28.8. The van der Waals surface area contributed by atoms with Gasteiger partial charge in [0.2, 0.25) is 0 Å². The summed E-state index contributed by atoms with van der Waals surface area (Å²) in [6, 6.07) is 3.71. The Kier molecular flexibility index (Phi) is 25.0. The van der Waals surface area contributed by atoms with E-state index in [-0.39, 0.29) is 18.8 Å². The standard InChI is InChI=1S/C38H62O7S/c1-3-5-7-9-11-13-15-17-19-21-23-25-27-32-44-37(39)34-30-29-31-35(46(41,42)43)36(34)38(40)45-33-28-26-24-22-20-18-16-14-12-10-8-6-4-2/h13-16,29-31H,3-12,17-28,32-33H2,1-2H3,(H,41,42,43)/b15-13+,16-14+. The number of hydrogen-bond acceptors (Lipinski definition) is 6. The zero-order valence-corrected chi connectivity index (χ0v) is 29.6. The molecule has 0 aliphatic carbocycles. The van der Waals surface area contributed by atoms with Crippen molar-refractivity contribution in [2.45, 2.75) is 160 Å². The number of unbranched alkanes of at least 4 members (excludes halogenated alkanes) is 18. The van der Waals surface area contributed by atoms with Gasteiger partial charge < -0.3 is 9.47 Å².